The van der Waals surface area contributed by atoms with Crippen LogP contribution in [0.1, 0.15) is 6.42 Å². The fraction of sp³-hybridized carbons (Fsp3) is 0.500. The fourth-order valence-corrected chi connectivity index (χ4v) is 1.59. The van der Waals surface area contributed by atoms with Crippen LogP contribution in [0.4, 0.5) is 0 Å². The van der Waals surface area contributed by atoms with Crippen molar-refractivity contribution in [1.29, 1.82) is 0 Å². The molecule has 0 fully saturated rings. The fourth-order valence-electron chi connectivity index (χ4n) is 1.40. The second kappa shape index (κ2) is 10.5. The molecule has 0 unspecified atom stereocenters. The average molecular weight is 302 g/mol. The number of hydrogen-bond donors (Lipinski definition) is 1. The number of hydrogen-bond acceptors (Lipinski definition) is 4. The molecule has 0 heterocycles. The SMILES string of the molecule is COCCOCCCNC(=O)COc1ccccc1Cl. The molecule has 1 aromatic rings. The Bertz CT molecular complexity index is 401. The maximum absolute atomic E-state index is 11.5. The second-order valence-electron chi connectivity index (χ2n) is 4.03. The molecule has 0 aliphatic carbocycles. The standard InChI is InChI=1S/C14H20ClNO4/c1-18-9-10-19-8-4-7-16-14(17)11-20-13-6-3-2-5-12(13)15/h2-3,5-6H,4,7-11H2,1H3,(H,16,17). The van der Waals surface area contributed by atoms with E-state index in [-0.39, 0.29) is 12.5 Å². The summed E-state index contributed by atoms with van der Waals surface area (Å²) in [6, 6.07) is 7.04. The van der Waals surface area contributed by atoms with Crippen LogP contribution in [0.15, 0.2) is 24.3 Å². The van der Waals surface area contributed by atoms with Crippen LogP contribution in [-0.4, -0.2) is 46.0 Å². The van der Waals surface area contributed by atoms with Crippen LogP contribution in [0.2, 0.25) is 5.02 Å². The summed E-state index contributed by atoms with van der Waals surface area (Å²) in [5, 5.41) is 3.24. The van der Waals surface area contributed by atoms with Crippen molar-refractivity contribution in [3.05, 3.63) is 29.3 Å². The molecule has 1 amide bonds. The maximum Gasteiger partial charge on any atom is 0.257 e. The number of ether oxygens (including phenoxy) is 3. The molecule has 0 aliphatic rings. The largest absolute Gasteiger partial charge is 0.482 e. The van der Waals surface area contributed by atoms with Crippen LogP contribution >= 0.6 is 11.6 Å². The van der Waals surface area contributed by atoms with Crippen LogP contribution < -0.4 is 10.1 Å². The van der Waals surface area contributed by atoms with Crippen molar-refractivity contribution >= 4 is 17.5 Å². The van der Waals surface area contributed by atoms with Gasteiger partial charge in [0.2, 0.25) is 0 Å². The molecule has 0 atom stereocenters. The van der Waals surface area contributed by atoms with Crippen molar-refractivity contribution in [2.24, 2.45) is 0 Å². The van der Waals surface area contributed by atoms with E-state index in [1.165, 1.54) is 0 Å². The Morgan fingerprint density at radius 3 is 2.80 bits per heavy atom. The lowest BCUT2D eigenvalue weighted by Crippen LogP contribution is -2.30. The Balaban J connectivity index is 2.05. The molecule has 1 aromatic carbocycles. The van der Waals surface area contributed by atoms with Crippen LogP contribution in [0, 0.1) is 0 Å². The molecular weight excluding hydrogens is 282 g/mol. The number of benzene rings is 1. The summed E-state index contributed by atoms with van der Waals surface area (Å²) in [6.45, 7) is 2.25. The van der Waals surface area contributed by atoms with Crippen molar-refractivity contribution in [1.82, 2.24) is 5.32 Å². The molecule has 6 heteroatoms. The first-order valence-electron chi connectivity index (χ1n) is 6.44. The number of halogens is 1. The van der Waals surface area contributed by atoms with E-state index in [2.05, 4.69) is 5.32 Å². The Labute approximate surface area is 124 Å². The summed E-state index contributed by atoms with van der Waals surface area (Å²) in [5.74, 6) is 0.328. The van der Waals surface area contributed by atoms with Crippen molar-refractivity contribution in [3.8, 4) is 5.75 Å². The first kappa shape index (κ1) is 16.8. The molecule has 0 bridgehead atoms. The quantitative estimate of drug-likeness (QED) is 0.671. The Kier molecular flexibility index (Phi) is 8.78. The van der Waals surface area contributed by atoms with Gasteiger partial charge < -0.3 is 19.5 Å². The molecule has 0 aromatic heterocycles. The number of nitrogens with one attached hydrogen (secondary N) is 1. The predicted molar refractivity (Wildman–Crippen MR) is 77.3 cm³/mol. The number of carbonyl (C=O) groups excluding carboxylic acids is 1. The van der Waals surface area contributed by atoms with Crippen molar-refractivity contribution in [3.63, 3.8) is 0 Å². The summed E-state index contributed by atoms with van der Waals surface area (Å²) >= 11 is 5.91. The average Bonchev–Trinajstić information content (AvgIpc) is 2.45. The number of para-hydroxylation sites is 1. The van der Waals surface area contributed by atoms with Crippen LogP contribution in [0.25, 0.3) is 0 Å². The van der Waals surface area contributed by atoms with Crippen molar-refractivity contribution in [2.45, 2.75) is 6.42 Å². The summed E-state index contributed by atoms with van der Waals surface area (Å²) in [5.41, 5.74) is 0. The van der Waals surface area contributed by atoms with Gasteiger partial charge in [-0.2, -0.15) is 0 Å². The minimum atomic E-state index is -0.179. The molecule has 5 nitrogen and oxygen atoms in total. The number of methoxy groups -OCH3 is 1. The molecule has 1 rings (SSSR count). The maximum atomic E-state index is 11.5. The third-order valence-corrected chi connectivity index (χ3v) is 2.73. The minimum Gasteiger partial charge on any atom is -0.482 e. The Morgan fingerprint density at radius 2 is 2.05 bits per heavy atom. The van der Waals surface area contributed by atoms with E-state index in [0.29, 0.717) is 37.1 Å². The highest BCUT2D eigenvalue weighted by molar-refractivity contribution is 6.32. The number of carbonyl (C=O) groups is 1. The van der Waals surface area contributed by atoms with Gasteiger partial charge in [0.05, 0.1) is 18.2 Å². The molecule has 0 spiro atoms. The van der Waals surface area contributed by atoms with Gasteiger partial charge in [-0.1, -0.05) is 23.7 Å². The second-order valence-corrected chi connectivity index (χ2v) is 4.43. The predicted octanol–water partition coefficient (Wildman–Crippen LogP) is 1.89. The van der Waals surface area contributed by atoms with Crippen LogP contribution in [-0.2, 0) is 14.3 Å². The first-order valence-corrected chi connectivity index (χ1v) is 6.82. The highest BCUT2D eigenvalue weighted by Crippen LogP contribution is 2.22. The molecular formula is C14H20ClNO4. The highest BCUT2D eigenvalue weighted by Gasteiger charge is 2.04. The van der Waals surface area contributed by atoms with E-state index in [0.717, 1.165) is 6.42 Å². The third-order valence-electron chi connectivity index (χ3n) is 2.41. The van der Waals surface area contributed by atoms with Gasteiger partial charge >= 0.3 is 0 Å². The van der Waals surface area contributed by atoms with Gasteiger partial charge in [-0.25, -0.2) is 0 Å². The Morgan fingerprint density at radius 1 is 1.25 bits per heavy atom. The van der Waals surface area contributed by atoms with E-state index in [4.69, 9.17) is 25.8 Å². The van der Waals surface area contributed by atoms with E-state index in [9.17, 15) is 4.79 Å². The van der Waals surface area contributed by atoms with Gasteiger partial charge in [0.15, 0.2) is 6.61 Å². The Hall–Kier alpha value is -1.30. The monoisotopic (exact) mass is 301 g/mol. The normalized spacial score (nSPS) is 10.3. The third kappa shape index (κ3) is 7.33. The van der Waals surface area contributed by atoms with Gasteiger partial charge in [-0.15, -0.1) is 0 Å². The van der Waals surface area contributed by atoms with Crippen LogP contribution in [0.5, 0.6) is 5.75 Å². The summed E-state index contributed by atoms with van der Waals surface area (Å²) in [6.07, 6.45) is 0.752. The van der Waals surface area contributed by atoms with Gasteiger partial charge in [-0.05, 0) is 18.6 Å². The lowest BCUT2D eigenvalue weighted by atomic mass is 10.3. The van der Waals surface area contributed by atoms with Crippen molar-refractivity contribution in [2.75, 3.05) is 40.1 Å². The van der Waals surface area contributed by atoms with Gasteiger partial charge in [0, 0.05) is 20.3 Å². The molecule has 1 N–H and O–H groups in total. The van der Waals surface area contributed by atoms with Gasteiger partial charge in [-0.3, -0.25) is 4.79 Å². The van der Waals surface area contributed by atoms with E-state index in [1.807, 2.05) is 0 Å². The topological polar surface area (TPSA) is 56.8 Å². The molecule has 0 radical (unpaired) electrons. The lowest BCUT2D eigenvalue weighted by Gasteiger charge is -2.08. The number of rotatable bonds is 10. The van der Waals surface area contributed by atoms with Gasteiger partial charge in [0.1, 0.15) is 5.75 Å². The first-order chi connectivity index (χ1) is 9.74. The minimum absolute atomic E-state index is 0.0474. The lowest BCUT2D eigenvalue weighted by molar-refractivity contribution is -0.123. The summed E-state index contributed by atoms with van der Waals surface area (Å²) in [4.78, 5) is 11.5. The zero-order valence-corrected chi connectivity index (χ0v) is 12.3. The molecule has 0 saturated carbocycles. The molecule has 112 valence electrons. The molecule has 0 saturated heterocycles. The zero-order valence-electron chi connectivity index (χ0n) is 11.6. The van der Waals surface area contributed by atoms with E-state index >= 15 is 0 Å². The summed E-state index contributed by atoms with van der Waals surface area (Å²) in [7, 11) is 1.63. The van der Waals surface area contributed by atoms with Crippen molar-refractivity contribution < 1.29 is 19.0 Å². The number of amides is 1. The van der Waals surface area contributed by atoms with Crippen LogP contribution in [0.3, 0.4) is 0 Å². The molecule has 20 heavy (non-hydrogen) atoms. The van der Waals surface area contributed by atoms with E-state index < -0.39 is 0 Å². The summed E-state index contributed by atoms with van der Waals surface area (Å²) < 4.78 is 15.4. The highest BCUT2D eigenvalue weighted by atomic mass is 35.5. The van der Waals surface area contributed by atoms with E-state index in [1.54, 1.807) is 31.4 Å². The molecule has 0 aliphatic heterocycles. The van der Waals surface area contributed by atoms with Gasteiger partial charge in [0.25, 0.3) is 5.91 Å². The zero-order chi connectivity index (χ0) is 14.6. The smallest absolute Gasteiger partial charge is 0.257 e.